The fraction of sp³-hybridized carbons (Fsp3) is 0.659. The molecule has 1 spiro atoms. The number of fused-ring (bicyclic) bond motifs is 4. The lowest BCUT2D eigenvalue weighted by atomic mass is 9.63. The summed E-state index contributed by atoms with van der Waals surface area (Å²) in [6, 6.07) is 12.2. The van der Waals surface area contributed by atoms with Crippen molar-refractivity contribution in [2.24, 2.45) is 17.8 Å². The molecule has 3 aliphatic heterocycles. The maximum atomic E-state index is 14.1. The first-order valence-corrected chi connectivity index (χ1v) is 22.9. The third-order valence-electron chi connectivity index (χ3n) is 13.6. The second-order valence-corrected chi connectivity index (χ2v) is 19.8. The number of hydrogen-bond acceptors (Lipinski definition) is 9. The maximum absolute atomic E-state index is 14.1. The van der Waals surface area contributed by atoms with Crippen molar-refractivity contribution in [1.82, 2.24) is 14.5 Å². The van der Waals surface area contributed by atoms with Crippen LogP contribution in [0.15, 0.2) is 48.6 Å². The minimum Gasteiger partial charge on any atom is -0.490 e. The number of rotatable bonds is 8. The van der Waals surface area contributed by atoms with Gasteiger partial charge in [0, 0.05) is 88.2 Å². The van der Waals surface area contributed by atoms with Gasteiger partial charge in [0.2, 0.25) is 10.0 Å². The molecule has 0 aromatic heterocycles. The van der Waals surface area contributed by atoms with Gasteiger partial charge in [0.1, 0.15) is 11.4 Å². The van der Waals surface area contributed by atoms with Gasteiger partial charge in [0.25, 0.3) is 5.91 Å². The van der Waals surface area contributed by atoms with Crippen LogP contribution in [0.1, 0.15) is 87.7 Å². The number of hydrogen-bond donors (Lipinski definition) is 1. The lowest BCUT2D eigenvalue weighted by Gasteiger charge is -2.52. The van der Waals surface area contributed by atoms with Crippen molar-refractivity contribution >= 4 is 33.2 Å². The van der Waals surface area contributed by atoms with Gasteiger partial charge in [0.15, 0.2) is 0 Å². The standard InChI is InChI=1S/C44H63ClN4O6S/c1-6-55-44(29-47-20-22-48(23-21-47)31(2)3)19-7-9-32(4)41(17-24-53-5)56(51,52)46-42(50)34-12-16-40-39(26-34)49(27-35-11-14-38(35)44)28-43(30-54-40)18-8-10-33-25-36(45)13-15-37(33)43/h7,12-13,15-16,19,25-26,31-32,35,38,41H,6,8-11,14,17-18,20-24,27-30H2,1-5H3,(H,46,50)/b19-7+/t32-,35-,38+,41+,43-,44-/m0/s1. The summed E-state index contributed by atoms with van der Waals surface area (Å²) in [7, 11) is -2.49. The molecule has 1 saturated heterocycles. The summed E-state index contributed by atoms with van der Waals surface area (Å²) in [5.74, 6) is 0.398. The molecule has 3 heterocycles. The number of aryl methyl sites for hydroxylation is 1. The monoisotopic (exact) mass is 810 g/mol. The zero-order valence-electron chi connectivity index (χ0n) is 34.1. The molecule has 2 aromatic rings. The number of ether oxygens (including phenoxy) is 3. The van der Waals surface area contributed by atoms with Crippen molar-refractivity contribution in [2.45, 2.75) is 94.9 Å². The number of sulfonamides is 1. The largest absolute Gasteiger partial charge is 0.490 e. The lowest BCUT2D eigenvalue weighted by Crippen LogP contribution is -2.59. The molecule has 0 radical (unpaired) electrons. The van der Waals surface area contributed by atoms with Crippen molar-refractivity contribution < 1.29 is 27.4 Å². The number of nitrogens with zero attached hydrogens (tertiary/aromatic N) is 3. The molecule has 56 heavy (non-hydrogen) atoms. The third-order valence-corrected chi connectivity index (χ3v) is 15.8. The average molecular weight is 812 g/mol. The Balaban J connectivity index is 1.31. The van der Waals surface area contributed by atoms with Crippen LogP contribution in [0.2, 0.25) is 5.02 Å². The van der Waals surface area contributed by atoms with E-state index in [9.17, 15) is 13.2 Å². The highest BCUT2D eigenvalue weighted by Gasteiger charge is 2.50. The molecule has 12 heteroatoms. The zero-order valence-corrected chi connectivity index (χ0v) is 35.7. The van der Waals surface area contributed by atoms with Crippen LogP contribution in [-0.2, 0) is 31.3 Å². The fourth-order valence-corrected chi connectivity index (χ4v) is 12.2. The lowest BCUT2D eigenvalue weighted by molar-refractivity contribution is -0.113. The van der Waals surface area contributed by atoms with Gasteiger partial charge in [-0.15, -0.1) is 0 Å². The number of benzene rings is 2. The fourth-order valence-electron chi connectivity index (χ4n) is 10.4. The first kappa shape index (κ1) is 41.5. The summed E-state index contributed by atoms with van der Waals surface area (Å²) in [4.78, 5) is 21.5. The van der Waals surface area contributed by atoms with Crippen LogP contribution in [0.4, 0.5) is 5.69 Å². The topological polar surface area (TPSA) is 101 Å². The molecular weight excluding hydrogens is 748 g/mol. The Labute approximate surface area is 340 Å². The highest BCUT2D eigenvalue weighted by Crippen LogP contribution is 2.49. The molecule has 2 aromatic carbocycles. The van der Waals surface area contributed by atoms with Crippen LogP contribution in [-0.4, -0.2) is 114 Å². The van der Waals surface area contributed by atoms with Crippen LogP contribution in [0, 0.1) is 17.8 Å². The quantitative estimate of drug-likeness (QED) is 0.292. The van der Waals surface area contributed by atoms with E-state index in [2.05, 4.69) is 64.5 Å². The van der Waals surface area contributed by atoms with E-state index >= 15 is 0 Å². The van der Waals surface area contributed by atoms with Crippen molar-refractivity contribution in [3.63, 3.8) is 0 Å². The van der Waals surface area contributed by atoms with E-state index in [4.69, 9.17) is 25.8 Å². The molecule has 0 unspecified atom stereocenters. The molecule has 10 nitrogen and oxygen atoms in total. The Morgan fingerprint density at radius 3 is 2.61 bits per heavy atom. The number of nitrogens with one attached hydrogen (secondary N) is 1. The Morgan fingerprint density at radius 1 is 1.09 bits per heavy atom. The van der Waals surface area contributed by atoms with Crippen molar-refractivity contribution in [3.05, 3.63) is 70.3 Å². The molecule has 2 bridgehead atoms. The Kier molecular flexibility index (Phi) is 12.8. The van der Waals surface area contributed by atoms with Gasteiger partial charge in [-0.2, -0.15) is 0 Å². The number of allylic oxidation sites excluding steroid dienone is 1. The Bertz CT molecular complexity index is 1850. The number of carbonyl (C=O) groups excluding carboxylic acids is 1. The van der Waals surface area contributed by atoms with Crippen molar-refractivity contribution in [2.75, 3.05) is 77.6 Å². The maximum Gasteiger partial charge on any atom is 0.264 e. The summed E-state index contributed by atoms with van der Waals surface area (Å²) in [5, 5.41) is -0.0808. The second kappa shape index (κ2) is 17.3. The Morgan fingerprint density at radius 2 is 1.89 bits per heavy atom. The van der Waals surface area contributed by atoms with Gasteiger partial charge in [-0.25, -0.2) is 13.1 Å². The molecule has 1 amide bonds. The van der Waals surface area contributed by atoms with Gasteiger partial charge >= 0.3 is 0 Å². The molecule has 5 aliphatic rings. The molecule has 2 fully saturated rings. The van der Waals surface area contributed by atoms with E-state index < -0.39 is 26.8 Å². The molecule has 2 aliphatic carbocycles. The van der Waals surface area contributed by atoms with Gasteiger partial charge < -0.3 is 19.1 Å². The van der Waals surface area contributed by atoms with Crippen LogP contribution >= 0.6 is 11.6 Å². The summed E-state index contributed by atoms with van der Waals surface area (Å²) < 4.78 is 49.8. The summed E-state index contributed by atoms with van der Waals surface area (Å²) in [6.45, 7) is 16.3. The first-order valence-electron chi connectivity index (χ1n) is 21.0. The van der Waals surface area contributed by atoms with E-state index in [1.54, 1.807) is 13.2 Å². The molecule has 1 saturated carbocycles. The van der Waals surface area contributed by atoms with E-state index in [-0.39, 0.29) is 30.3 Å². The second-order valence-electron chi connectivity index (χ2n) is 17.4. The normalized spacial score (nSPS) is 31.8. The average Bonchev–Trinajstić information content (AvgIpc) is 3.29. The van der Waals surface area contributed by atoms with Crippen LogP contribution in [0.25, 0.3) is 0 Å². The predicted octanol–water partition coefficient (Wildman–Crippen LogP) is 6.70. The minimum atomic E-state index is -4.07. The molecule has 7 rings (SSSR count). The highest BCUT2D eigenvalue weighted by molar-refractivity contribution is 7.90. The van der Waals surface area contributed by atoms with Crippen molar-refractivity contribution in [3.8, 4) is 5.75 Å². The number of amides is 1. The van der Waals surface area contributed by atoms with E-state index in [0.29, 0.717) is 49.5 Å². The van der Waals surface area contributed by atoms with E-state index in [1.165, 1.54) is 11.1 Å². The zero-order chi connectivity index (χ0) is 39.7. The molecule has 308 valence electrons. The summed E-state index contributed by atoms with van der Waals surface area (Å²) >= 11 is 6.53. The number of carbonyl (C=O) groups is 1. The van der Waals surface area contributed by atoms with E-state index in [1.807, 2.05) is 25.1 Å². The van der Waals surface area contributed by atoms with Gasteiger partial charge in [-0.3, -0.25) is 14.6 Å². The highest BCUT2D eigenvalue weighted by atomic mass is 35.5. The summed E-state index contributed by atoms with van der Waals surface area (Å²) in [5.41, 5.74) is 2.87. The number of piperazine rings is 1. The van der Waals surface area contributed by atoms with E-state index in [0.717, 1.165) is 82.1 Å². The number of anilines is 1. The van der Waals surface area contributed by atoms with Crippen molar-refractivity contribution in [1.29, 1.82) is 0 Å². The molecular formula is C44H63ClN4O6S. The van der Waals surface area contributed by atoms with Gasteiger partial charge in [0.05, 0.1) is 17.5 Å². The predicted molar refractivity (Wildman–Crippen MR) is 224 cm³/mol. The Hall–Kier alpha value is -2.67. The van der Waals surface area contributed by atoms with Crippen LogP contribution in [0.3, 0.4) is 0 Å². The smallest absolute Gasteiger partial charge is 0.264 e. The SMILES string of the molecule is CCO[C@]1(CN2CCN(C(C)C)CC2)/C=C/C[C@H](C)[C@@H](CCOC)S(=O)(=O)NC(=O)c2ccc3c(c2)N(C[C@@H]2CC[C@H]21)C[C@@]1(CCCc2cc(Cl)ccc21)CO3. The molecule has 1 N–H and O–H groups in total. The number of halogens is 1. The number of methoxy groups -OCH3 is 1. The first-order chi connectivity index (χ1) is 26.9. The van der Waals surface area contributed by atoms with Crippen LogP contribution < -0.4 is 14.4 Å². The van der Waals surface area contributed by atoms with Gasteiger partial charge in [-0.1, -0.05) is 36.7 Å². The minimum absolute atomic E-state index is 0.255. The third kappa shape index (κ3) is 8.55. The van der Waals surface area contributed by atoms with Crippen LogP contribution in [0.5, 0.6) is 5.75 Å². The van der Waals surface area contributed by atoms with Gasteiger partial charge in [-0.05, 0) is 125 Å². The molecule has 6 atom stereocenters. The summed E-state index contributed by atoms with van der Waals surface area (Å²) in [6.07, 6.45) is 10.4.